The fourth-order valence-electron chi connectivity index (χ4n) is 0.499. The summed E-state index contributed by atoms with van der Waals surface area (Å²) in [5.74, 6) is -0.0302. The molecule has 0 aliphatic rings. The number of hydrogen-bond donors (Lipinski definition) is 0. The first-order valence-corrected chi connectivity index (χ1v) is 2.57. The van der Waals surface area contributed by atoms with Crippen LogP contribution in [0.25, 0.3) is 0 Å². The summed E-state index contributed by atoms with van der Waals surface area (Å²) in [7, 11) is 0. The van der Waals surface area contributed by atoms with Crippen molar-refractivity contribution in [2.24, 2.45) is 0 Å². The van der Waals surface area contributed by atoms with Crippen molar-refractivity contribution >= 4 is 29.8 Å². The van der Waals surface area contributed by atoms with Crippen molar-refractivity contribution in [3.05, 3.63) is 24.3 Å². The van der Waals surface area contributed by atoms with Crippen molar-refractivity contribution in [2.75, 3.05) is 0 Å². The van der Waals surface area contributed by atoms with E-state index in [0.29, 0.717) is 5.69 Å². The van der Waals surface area contributed by atoms with Crippen molar-refractivity contribution < 1.29 is 4.79 Å². The minimum absolute atomic E-state index is 0. The lowest BCUT2D eigenvalue weighted by molar-refractivity contribution is 0.101. The van der Waals surface area contributed by atoms with Gasteiger partial charge in [-0.2, -0.15) is 0 Å². The van der Waals surface area contributed by atoms with Crippen LogP contribution in [0.1, 0.15) is 17.4 Å². The highest BCUT2D eigenvalue weighted by Crippen LogP contribution is 1.89. The maximum atomic E-state index is 10.6. The van der Waals surface area contributed by atoms with Crippen molar-refractivity contribution in [2.45, 2.75) is 6.92 Å². The van der Waals surface area contributed by atoms with Crippen molar-refractivity contribution in [3.8, 4) is 0 Å². The van der Waals surface area contributed by atoms with Crippen LogP contribution in [-0.4, -0.2) is 15.8 Å². The standard InChI is InChI=1S/C6H6N2O.HI/c1-5(9)6-2-3-7-4-8-6;/h2-4H,1H3;1H. The van der Waals surface area contributed by atoms with Crippen LogP contribution in [0.15, 0.2) is 18.6 Å². The number of ketones is 1. The van der Waals surface area contributed by atoms with E-state index in [2.05, 4.69) is 9.97 Å². The van der Waals surface area contributed by atoms with Crippen LogP contribution < -0.4 is 0 Å². The SMILES string of the molecule is CC(=O)c1ccncn1.I. The molecule has 0 radical (unpaired) electrons. The van der Waals surface area contributed by atoms with Gasteiger partial charge in [0.2, 0.25) is 0 Å². The van der Waals surface area contributed by atoms with Crippen LogP contribution in [0.5, 0.6) is 0 Å². The largest absolute Gasteiger partial charge is 0.293 e. The lowest BCUT2D eigenvalue weighted by Gasteiger charge is -1.87. The number of carbonyl (C=O) groups is 1. The molecular formula is C6H7IN2O. The lowest BCUT2D eigenvalue weighted by atomic mass is 10.3. The third-order valence-corrected chi connectivity index (χ3v) is 0.943. The Kier molecular flexibility index (Phi) is 4.10. The molecule has 4 heteroatoms. The number of aromatic nitrogens is 2. The second kappa shape index (κ2) is 4.32. The van der Waals surface area contributed by atoms with Gasteiger partial charge in [-0.1, -0.05) is 0 Å². The number of rotatable bonds is 1. The highest BCUT2D eigenvalue weighted by atomic mass is 127. The van der Waals surface area contributed by atoms with Crippen LogP contribution in [0.3, 0.4) is 0 Å². The zero-order valence-electron chi connectivity index (χ0n) is 5.44. The summed E-state index contributed by atoms with van der Waals surface area (Å²) in [6.07, 6.45) is 2.90. The van der Waals surface area contributed by atoms with E-state index in [1.54, 1.807) is 12.3 Å². The molecular weight excluding hydrogens is 243 g/mol. The molecule has 1 rings (SSSR count). The Morgan fingerprint density at radius 1 is 1.60 bits per heavy atom. The van der Waals surface area contributed by atoms with Gasteiger partial charge in [0, 0.05) is 13.1 Å². The molecule has 0 saturated carbocycles. The van der Waals surface area contributed by atoms with E-state index < -0.39 is 0 Å². The molecule has 0 aromatic carbocycles. The first-order valence-electron chi connectivity index (χ1n) is 2.57. The quantitative estimate of drug-likeness (QED) is 0.557. The number of halogens is 1. The summed E-state index contributed by atoms with van der Waals surface area (Å²) >= 11 is 0. The summed E-state index contributed by atoms with van der Waals surface area (Å²) < 4.78 is 0. The molecule has 1 aromatic rings. The Hall–Kier alpha value is -0.520. The topological polar surface area (TPSA) is 42.9 Å². The van der Waals surface area contributed by atoms with Gasteiger partial charge in [0.05, 0.1) is 0 Å². The molecule has 0 aliphatic carbocycles. The molecule has 0 bridgehead atoms. The monoisotopic (exact) mass is 250 g/mol. The van der Waals surface area contributed by atoms with Crippen molar-refractivity contribution in [3.63, 3.8) is 0 Å². The molecule has 1 heterocycles. The Morgan fingerprint density at radius 3 is 2.60 bits per heavy atom. The zero-order chi connectivity index (χ0) is 6.69. The number of hydrogen-bond acceptors (Lipinski definition) is 3. The van der Waals surface area contributed by atoms with Gasteiger partial charge in [-0.05, 0) is 6.07 Å². The van der Waals surface area contributed by atoms with E-state index in [-0.39, 0.29) is 29.8 Å². The lowest BCUT2D eigenvalue weighted by Crippen LogP contribution is -1.94. The van der Waals surface area contributed by atoms with E-state index in [1.165, 1.54) is 13.3 Å². The molecule has 0 fully saturated rings. The number of nitrogens with zero attached hydrogens (tertiary/aromatic N) is 2. The van der Waals surface area contributed by atoms with E-state index >= 15 is 0 Å². The first-order chi connectivity index (χ1) is 4.30. The summed E-state index contributed by atoms with van der Waals surface area (Å²) in [5, 5.41) is 0. The van der Waals surface area contributed by atoms with Crippen molar-refractivity contribution in [1.29, 1.82) is 0 Å². The fraction of sp³-hybridized carbons (Fsp3) is 0.167. The molecule has 3 nitrogen and oxygen atoms in total. The highest BCUT2D eigenvalue weighted by Gasteiger charge is 1.95. The first kappa shape index (κ1) is 9.48. The van der Waals surface area contributed by atoms with Gasteiger partial charge in [0.1, 0.15) is 12.0 Å². The third-order valence-electron chi connectivity index (χ3n) is 0.943. The Balaban J connectivity index is 0.000000810. The van der Waals surface area contributed by atoms with Crippen LogP contribution in [0, 0.1) is 0 Å². The average Bonchev–Trinajstić information content (AvgIpc) is 1.90. The highest BCUT2D eigenvalue weighted by molar-refractivity contribution is 14.0. The maximum Gasteiger partial charge on any atom is 0.178 e. The van der Waals surface area contributed by atoms with E-state index in [9.17, 15) is 4.79 Å². The molecule has 0 aliphatic heterocycles. The molecule has 0 unspecified atom stereocenters. The smallest absolute Gasteiger partial charge is 0.178 e. The summed E-state index contributed by atoms with van der Waals surface area (Å²) in [6, 6.07) is 1.59. The predicted octanol–water partition coefficient (Wildman–Crippen LogP) is 1.30. The summed E-state index contributed by atoms with van der Waals surface area (Å²) in [4.78, 5) is 17.9. The van der Waals surface area contributed by atoms with E-state index in [4.69, 9.17) is 0 Å². The predicted molar refractivity (Wildman–Crippen MR) is 47.5 cm³/mol. The molecule has 0 amide bonds. The molecule has 10 heavy (non-hydrogen) atoms. The second-order valence-corrected chi connectivity index (χ2v) is 1.65. The minimum atomic E-state index is -0.0302. The van der Waals surface area contributed by atoms with Gasteiger partial charge >= 0.3 is 0 Å². The van der Waals surface area contributed by atoms with Gasteiger partial charge in [-0.3, -0.25) is 4.79 Å². The van der Waals surface area contributed by atoms with E-state index in [0.717, 1.165) is 0 Å². The zero-order valence-corrected chi connectivity index (χ0v) is 7.77. The van der Waals surface area contributed by atoms with E-state index in [1.807, 2.05) is 0 Å². The van der Waals surface area contributed by atoms with Gasteiger partial charge in [0.25, 0.3) is 0 Å². The van der Waals surface area contributed by atoms with Gasteiger partial charge in [-0.25, -0.2) is 9.97 Å². The Bertz CT molecular complexity index is 212. The van der Waals surface area contributed by atoms with Crippen LogP contribution in [0.2, 0.25) is 0 Å². The van der Waals surface area contributed by atoms with Gasteiger partial charge in [0.15, 0.2) is 5.78 Å². The molecule has 0 saturated heterocycles. The summed E-state index contributed by atoms with van der Waals surface area (Å²) in [5.41, 5.74) is 0.463. The number of Topliss-reactive ketones (excluding diaryl/α,β-unsaturated/α-hetero) is 1. The van der Waals surface area contributed by atoms with Crippen LogP contribution >= 0.6 is 24.0 Å². The average molecular weight is 250 g/mol. The van der Waals surface area contributed by atoms with Crippen LogP contribution in [0.4, 0.5) is 0 Å². The maximum absolute atomic E-state index is 10.6. The van der Waals surface area contributed by atoms with Crippen LogP contribution in [-0.2, 0) is 0 Å². The normalized spacial score (nSPS) is 8.10. The Morgan fingerprint density at radius 2 is 2.30 bits per heavy atom. The van der Waals surface area contributed by atoms with Gasteiger partial charge < -0.3 is 0 Å². The molecule has 1 aromatic heterocycles. The van der Waals surface area contributed by atoms with Crippen molar-refractivity contribution in [1.82, 2.24) is 9.97 Å². The third kappa shape index (κ3) is 2.38. The summed E-state index contributed by atoms with van der Waals surface area (Å²) in [6.45, 7) is 1.47. The van der Waals surface area contributed by atoms with Gasteiger partial charge in [-0.15, -0.1) is 24.0 Å². The second-order valence-electron chi connectivity index (χ2n) is 1.65. The molecule has 0 atom stereocenters. The molecule has 0 spiro atoms. The number of carbonyl (C=O) groups excluding carboxylic acids is 1. The molecule has 54 valence electrons. The fourth-order valence-corrected chi connectivity index (χ4v) is 0.499. The minimum Gasteiger partial charge on any atom is -0.293 e. The molecule has 0 N–H and O–H groups in total. The Labute approximate surface area is 75.9 Å².